The molecule has 0 aliphatic carbocycles. The van der Waals surface area contributed by atoms with E-state index in [1.54, 1.807) is 21.0 Å². The number of benzene rings is 1. The Morgan fingerprint density at radius 1 is 1.28 bits per heavy atom. The van der Waals surface area contributed by atoms with E-state index in [9.17, 15) is 8.42 Å². The van der Waals surface area contributed by atoms with Gasteiger partial charge < -0.3 is 9.26 Å². The SMILES string of the molecule is COc1cccc(C2CN(S(=O)(=O)c3c(C)noc3C)CCN2C)c1. The number of hydrogen-bond acceptors (Lipinski definition) is 6. The lowest BCUT2D eigenvalue weighted by Crippen LogP contribution is -2.49. The first-order valence-electron chi connectivity index (χ1n) is 8.12. The summed E-state index contributed by atoms with van der Waals surface area (Å²) >= 11 is 0. The number of methoxy groups -OCH3 is 1. The van der Waals surface area contributed by atoms with Crippen LogP contribution >= 0.6 is 0 Å². The topological polar surface area (TPSA) is 75.9 Å². The predicted octanol–water partition coefficient (Wildman–Crippen LogP) is 1.98. The zero-order valence-electron chi connectivity index (χ0n) is 14.9. The van der Waals surface area contributed by atoms with Crippen LogP contribution < -0.4 is 4.74 Å². The molecule has 2 heterocycles. The van der Waals surface area contributed by atoms with Gasteiger partial charge in [-0.25, -0.2) is 8.42 Å². The Hall–Kier alpha value is -1.90. The van der Waals surface area contributed by atoms with Gasteiger partial charge in [0.15, 0.2) is 5.76 Å². The Kier molecular flexibility index (Phi) is 4.86. The summed E-state index contributed by atoms with van der Waals surface area (Å²) in [5.74, 6) is 1.09. The molecule has 0 spiro atoms. The second-order valence-electron chi connectivity index (χ2n) is 6.29. The predicted molar refractivity (Wildman–Crippen MR) is 93.1 cm³/mol. The molecular weight excluding hydrogens is 342 g/mol. The third kappa shape index (κ3) is 3.29. The van der Waals surface area contributed by atoms with Crippen LogP contribution in [0.5, 0.6) is 5.75 Å². The summed E-state index contributed by atoms with van der Waals surface area (Å²) < 4.78 is 38.0. The van der Waals surface area contributed by atoms with Crippen molar-refractivity contribution in [2.75, 3.05) is 33.8 Å². The third-order valence-corrected chi connectivity index (χ3v) is 6.77. The second-order valence-corrected chi connectivity index (χ2v) is 8.16. The van der Waals surface area contributed by atoms with Crippen LogP contribution in [0.3, 0.4) is 0 Å². The molecule has 2 aromatic rings. The third-order valence-electron chi connectivity index (χ3n) is 4.66. The Balaban J connectivity index is 1.92. The average Bonchev–Trinajstić information content (AvgIpc) is 2.94. The van der Waals surface area contributed by atoms with Gasteiger partial charge in [0.05, 0.1) is 7.11 Å². The molecule has 0 radical (unpaired) electrons. The molecule has 1 saturated heterocycles. The Morgan fingerprint density at radius 2 is 2.04 bits per heavy atom. The largest absolute Gasteiger partial charge is 0.497 e. The van der Waals surface area contributed by atoms with E-state index >= 15 is 0 Å². The van der Waals surface area contributed by atoms with Crippen molar-refractivity contribution in [3.63, 3.8) is 0 Å². The second kappa shape index (κ2) is 6.78. The summed E-state index contributed by atoms with van der Waals surface area (Å²) in [7, 11) is -0.0140. The molecule has 3 rings (SSSR count). The van der Waals surface area contributed by atoms with Gasteiger partial charge in [-0.2, -0.15) is 4.31 Å². The molecule has 1 aliphatic rings. The number of rotatable bonds is 4. The van der Waals surface area contributed by atoms with Gasteiger partial charge in [-0.1, -0.05) is 17.3 Å². The molecule has 25 heavy (non-hydrogen) atoms. The van der Waals surface area contributed by atoms with Crippen molar-refractivity contribution in [1.82, 2.24) is 14.4 Å². The van der Waals surface area contributed by atoms with E-state index in [1.807, 2.05) is 31.3 Å². The zero-order chi connectivity index (χ0) is 18.2. The zero-order valence-corrected chi connectivity index (χ0v) is 15.7. The highest BCUT2D eigenvalue weighted by Gasteiger charge is 2.36. The standard InChI is InChI=1S/C17H23N3O4S/c1-12-17(13(2)24-18-12)25(21,22)20-9-8-19(3)16(11-20)14-6-5-7-15(10-14)23-4/h5-7,10,16H,8-9,11H2,1-4H3. The summed E-state index contributed by atoms with van der Waals surface area (Å²) in [4.78, 5) is 2.34. The average molecular weight is 365 g/mol. The monoisotopic (exact) mass is 365 g/mol. The molecule has 1 aliphatic heterocycles. The maximum atomic E-state index is 13.1. The molecule has 0 bridgehead atoms. The summed E-state index contributed by atoms with van der Waals surface area (Å²) in [6, 6.07) is 7.70. The van der Waals surface area contributed by atoms with Crippen molar-refractivity contribution in [3.05, 3.63) is 41.3 Å². The Labute approximate surface area is 148 Å². The van der Waals surface area contributed by atoms with Gasteiger partial charge >= 0.3 is 0 Å². The molecule has 1 unspecified atom stereocenters. The normalized spacial score (nSPS) is 19.9. The molecule has 1 fully saturated rings. The number of aromatic nitrogens is 1. The van der Waals surface area contributed by atoms with Crippen molar-refractivity contribution in [1.29, 1.82) is 0 Å². The van der Waals surface area contributed by atoms with E-state index in [1.165, 1.54) is 4.31 Å². The number of aryl methyl sites for hydroxylation is 2. The highest BCUT2D eigenvalue weighted by molar-refractivity contribution is 7.89. The fraction of sp³-hybridized carbons (Fsp3) is 0.471. The van der Waals surface area contributed by atoms with Crippen molar-refractivity contribution in [3.8, 4) is 5.75 Å². The lowest BCUT2D eigenvalue weighted by atomic mass is 10.0. The molecule has 0 saturated carbocycles. The minimum atomic E-state index is -3.64. The number of sulfonamides is 1. The van der Waals surface area contributed by atoms with E-state index < -0.39 is 10.0 Å². The maximum Gasteiger partial charge on any atom is 0.248 e. The van der Waals surface area contributed by atoms with Crippen molar-refractivity contribution >= 4 is 10.0 Å². The van der Waals surface area contributed by atoms with Crippen molar-refractivity contribution in [2.45, 2.75) is 24.8 Å². The first kappa shape index (κ1) is 17.9. The first-order valence-corrected chi connectivity index (χ1v) is 9.56. The molecule has 1 aromatic heterocycles. The van der Waals surface area contributed by atoms with Crippen LogP contribution in [0.25, 0.3) is 0 Å². The summed E-state index contributed by atoms with van der Waals surface area (Å²) in [6.07, 6.45) is 0. The van der Waals surface area contributed by atoms with Crippen LogP contribution in [-0.2, 0) is 10.0 Å². The van der Waals surface area contributed by atoms with Crippen LogP contribution in [0.1, 0.15) is 23.1 Å². The number of hydrogen-bond donors (Lipinski definition) is 0. The minimum Gasteiger partial charge on any atom is -0.497 e. The van der Waals surface area contributed by atoms with E-state index in [-0.39, 0.29) is 10.9 Å². The minimum absolute atomic E-state index is 0.0425. The molecule has 0 N–H and O–H groups in total. The molecule has 0 amide bonds. The Morgan fingerprint density at radius 3 is 2.68 bits per heavy atom. The lowest BCUT2D eigenvalue weighted by molar-refractivity contribution is 0.148. The summed E-state index contributed by atoms with van der Waals surface area (Å²) in [6.45, 7) is 4.73. The molecular formula is C17H23N3O4S. The van der Waals surface area contributed by atoms with Crippen molar-refractivity contribution in [2.24, 2.45) is 0 Å². The smallest absolute Gasteiger partial charge is 0.248 e. The number of nitrogens with zero attached hydrogens (tertiary/aromatic N) is 3. The van der Waals surface area contributed by atoms with Crippen LogP contribution in [0.15, 0.2) is 33.7 Å². The van der Waals surface area contributed by atoms with Crippen LogP contribution in [-0.4, -0.2) is 56.6 Å². The van der Waals surface area contributed by atoms with Crippen LogP contribution in [0.2, 0.25) is 0 Å². The van der Waals surface area contributed by atoms with Gasteiger partial charge in [0, 0.05) is 25.7 Å². The van der Waals surface area contributed by atoms with Gasteiger partial charge in [-0.15, -0.1) is 0 Å². The van der Waals surface area contributed by atoms with Gasteiger partial charge in [-0.05, 0) is 38.6 Å². The molecule has 7 nitrogen and oxygen atoms in total. The molecule has 1 atom stereocenters. The lowest BCUT2D eigenvalue weighted by Gasteiger charge is -2.39. The molecule has 136 valence electrons. The Bertz CT molecular complexity index is 843. The fourth-order valence-corrected chi connectivity index (χ4v) is 4.98. The van der Waals surface area contributed by atoms with E-state index in [4.69, 9.17) is 9.26 Å². The van der Waals surface area contributed by atoms with Gasteiger partial charge in [-0.3, -0.25) is 4.90 Å². The molecule has 1 aromatic carbocycles. The maximum absolute atomic E-state index is 13.1. The van der Waals surface area contributed by atoms with E-state index in [2.05, 4.69) is 10.1 Å². The fourth-order valence-electron chi connectivity index (χ4n) is 3.25. The summed E-state index contributed by atoms with van der Waals surface area (Å²) in [5, 5.41) is 3.78. The quantitative estimate of drug-likeness (QED) is 0.825. The van der Waals surface area contributed by atoms with Crippen LogP contribution in [0, 0.1) is 13.8 Å². The first-order chi connectivity index (χ1) is 11.8. The number of likely N-dealkylation sites (N-methyl/N-ethyl adjacent to an activating group) is 1. The van der Waals surface area contributed by atoms with Gasteiger partial charge in [0.2, 0.25) is 10.0 Å². The molecule has 8 heteroatoms. The van der Waals surface area contributed by atoms with Crippen molar-refractivity contribution < 1.29 is 17.7 Å². The number of ether oxygens (including phenoxy) is 1. The van der Waals surface area contributed by atoms with E-state index in [0.29, 0.717) is 31.1 Å². The van der Waals surface area contributed by atoms with Crippen LogP contribution in [0.4, 0.5) is 0 Å². The highest BCUT2D eigenvalue weighted by Crippen LogP contribution is 2.31. The number of piperazine rings is 1. The van der Waals surface area contributed by atoms with Gasteiger partial charge in [0.25, 0.3) is 0 Å². The van der Waals surface area contributed by atoms with Gasteiger partial charge in [0.1, 0.15) is 16.3 Å². The van der Waals surface area contributed by atoms with E-state index in [0.717, 1.165) is 11.3 Å². The summed E-state index contributed by atoms with van der Waals surface area (Å²) in [5.41, 5.74) is 1.43. The highest BCUT2D eigenvalue weighted by atomic mass is 32.2.